The zero-order valence-corrected chi connectivity index (χ0v) is 24.4. The van der Waals surface area contributed by atoms with E-state index in [4.69, 9.17) is 14.2 Å². The van der Waals surface area contributed by atoms with Crippen molar-refractivity contribution in [1.29, 1.82) is 0 Å². The van der Waals surface area contributed by atoms with Crippen molar-refractivity contribution in [3.05, 3.63) is 88.5 Å². The van der Waals surface area contributed by atoms with Crippen LogP contribution in [-0.2, 0) is 21.0 Å². The molecule has 1 aliphatic heterocycles. The molecular formula is C34H42O4. The van der Waals surface area contributed by atoms with E-state index in [9.17, 15) is 4.79 Å². The van der Waals surface area contributed by atoms with E-state index in [1.54, 1.807) is 0 Å². The van der Waals surface area contributed by atoms with Gasteiger partial charge in [-0.1, -0.05) is 98.7 Å². The molecule has 4 nitrogen and oxygen atoms in total. The number of carbonyl (C=O) groups excluding carboxylic acids is 1. The molecule has 0 aromatic heterocycles. The van der Waals surface area contributed by atoms with Crippen LogP contribution in [-0.4, -0.2) is 19.2 Å². The molecule has 1 atom stereocenters. The van der Waals surface area contributed by atoms with Crippen molar-refractivity contribution in [2.75, 3.05) is 13.2 Å². The first kappa shape index (κ1) is 27.8. The van der Waals surface area contributed by atoms with Crippen LogP contribution < -0.4 is 14.2 Å². The standard InChI is InChI=1S/C34H42O4/c1-32(2,3)23-12-16-26(17-13-23)37-19-18-36-25-14-10-22(11-15-25)29-27-20-24(33(4,5)6)21-28(34(7,8)9)30(27)38-31(29)35/h10-17,20-21,29H,18-19H2,1-9H3. The van der Waals surface area contributed by atoms with Crippen molar-refractivity contribution in [3.8, 4) is 17.2 Å². The molecule has 38 heavy (non-hydrogen) atoms. The molecule has 0 spiro atoms. The van der Waals surface area contributed by atoms with Gasteiger partial charge in [-0.25, -0.2) is 0 Å². The van der Waals surface area contributed by atoms with E-state index in [2.05, 4.69) is 86.6 Å². The van der Waals surface area contributed by atoms with Gasteiger partial charge in [-0.2, -0.15) is 0 Å². The van der Waals surface area contributed by atoms with Gasteiger partial charge in [0, 0.05) is 11.1 Å². The lowest BCUT2D eigenvalue weighted by Crippen LogP contribution is -2.17. The molecule has 0 aliphatic carbocycles. The number of esters is 1. The van der Waals surface area contributed by atoms with Crippen LogP contribution in [0.3, 0.4) is 0 Å². The molecule has 0 N–H and O–H groups in total. The van der Waals surface area contributed by atoms with Gasteiger partial charge in [-0.15, -0.1) is 0 Å². The van der Waals surface area contributed by atoms with Crippen molar-refractivity contribution in [3.63, 3.8) is 0 Å². The van der Waals surface area contributed by atoms with Crippen molar-refractivity contribution in [2.24, 2.45) is 0 Å². The molecule has 0 saturated carbocycles. The van der Waals surface area contributed by atoms with Gasteiger partial charge in [-0.05, 0) is 57.2 Å². The number of ether oxygens (including phenoxy) is 3. The van der Waals surface area contributed by atoms with Gasteiger partial charge >= 0.3 is 5.97 Å². The Balaban J connectivity index is 1.45. The van der Waals surface area contributed by atoms with Gasteiger partial charge in [-0.3, -0.25) is 4.79 Å². The fourth-order valence-corrected chi connectivity index (χ4v) is 4.70. The predicted molar refractivity (Wildman–Crippen MR) is 154 cm³/mol. The van der Waals surface area contributed by atoms with Crippen molar-refractivity contribution >= 4 is 5.97 Å². The molecule has 1 heterocycles. The Bertz CT molecular complexity index is 1280. The summed E-state index contributed by atoms with van der Waals surface area (Å²) in [6.45, 7) is 20.5. The smallest absolute Gasteiger partial charge is 0.323 e. The Morgan fingerprint density at radius 1 is 0.658 bits per heavy atom. The Morgan fingerprint density at radius 2 is 1.16 bits per heavy atom. The third-order valence-electron chi connectivity index (χ3n) is 7.10. The fourth-order valence-electron chi connectivity index (χ4n) is 4.70. The molecule has 0 radical (unpaired) electrons. The molecule has 202 valence electrons. The third-order valence-corrected chi connectivity index (χ3v) is 7.10. The van der Waals surface area contributed by atoms with Gasteiger partial charge in [0.2, 0.25) is 0 Å². The maximum Gasteiger partial charge on any atom is 0.323 e. The normalized spacial score (nSPS) is 15.7. The Morgan fingerprint density at radius 3 is 1.63 bits per heavy atom. The lowest BCUT2D eigenvalue weighted by molar-refractivity contribution is -0.133. The van der Waals surface area contributed by atoms with Crippen LogP contribution in [0.25, 0.3) is 0 Å². The molecule has 3 aromatic rings. The molecule has 0 bridgehead atoms. The minimum atomic E-state index is -0.443. The lowest BCUT2D eigenvalue weighted by atomic mass is 9.77. The van der Waals surface area contributed by atoms with Gasteiger partial charge in [0.1, 0.15) is 36.4 Å². The van der Waals surface area contributed by atoms with E-state index >= 15 is 0 Å². The van der Waals surface area contributed by atoms with Gasteiger partial charge in [0.05, 0.1) is 0 Å². The summed E-state index contributed by atoms with van der Waals surface area (Å²) in [5.74, 6) is 1.62. The molecule has 1 unspecified atom stereocenters. The van der Waals surface area contributed by atoms with E-state index < -0.39 is 5.92 Å². The summed E-state index contributed by atoms with van der Waals surface area (Å²) in [5, 5.41) is 0. The maximum absolute atomic E-state index is 13.1. The van der Waals surface area contributed by atoms with E-state index in [0.717, 1.165) is 28.2 Å². The topological polar surface area (TPSA) is 44.8 Å². The monoisotopic (exact) mass is 514 g/mol. The van der Waals surface area contributed by atoms with E-state index in [1.807, 2.05) is 36.4 Å². The highest BCUT2D eigenvalue weighted by atomic mass is 16.5. The summed E-state index contributed by atoms with van der Waals surface area (Å²) >= 11 is 0. The number of hydrogen-bond donors (Lipinski definition) is 0. The van der Waals surface area contributed by atoms with Crippen LogP contribution in [0, 0.1) is 0 Å². The Kier molecular flexibility index (Phi) is 7.40. The van der Waals surface area contributed by atoms with Gasteiger partial charge in [0.25, 0.3) is 0 Å². The first-order chi connectivity index (χ1) is 17.6. The minimum Gasteiger partial charge on any atom is -0.490 e. The van der Waals surface area contributed by atoms with Crippen molar-refractivity contribution in [1.82, 2.24) is 0 Å². The summed E-state index contributed by atoms with van der Waals surface area (Å²) in [6.07, 6.45) is 0. The first-order valence-electron chi connectivity index (χ1n) is 13.5. The van der Waals surface area contributed by atoms with Crippen LogP contribution >= 0.6 is 0 Å². The molecule has 3 aromatic carbocycles. The quantitative estimate of drug-likeness (QED) is 0.189. The number of fused-ring (bicyclic) bond motifs is 1. The highest BCUT2D eigenvalue weighted by Crippen LogP contribution is 2.47. The average Bonchev–Trinajstić information content (AvgIpc) is 3.15. The predicted octanol–water partition coefficient (Wildman–Crippen LogP) is 8.09. The van der Waals surface area contributed by atoms with Crippen LogP contribution in [0.2, 0.25) is 0 Å². The van der Waals surface area contributed by atoms with Crippen molar-refractivity contribution in [2.45, 2.75) is 84.5 Å². The van der Waals surface area contributed by atoms with Crippen LogP contribution in [0.5, 0.6) is 17.2 Å². The fraction of sp³-hybridized carbons (Fsp3) is 0.441. The molecule has 0 saturated heterocycles. The molecule has 0 fully saturated rings. The van der Waals surface area contributed by atoms with Crippen LogP contribution in [0.1, 0.15) is 96.0 Å². The van der Waals surface area contributed by atoms with Gasteiger partial charge in [0.15, 0.2) is 0 Å². The highest BCUT2D eigenvalue weighted by Gasteiger charge is 2.39. The Labute approximate surface area is 228 Å². The number of rotatable bonds is 6. The Hall–Kier alpha value is -3.27. The summed E-state index contributed by atoms with van der Waals surface area (Å²) in [5.41, 5.74) is 5.35. The molecular weight excluding hydrogens is 472 g/mol. The summed E-state index contributed by atoms with van der Waals surface area (Å²) in [7, 11) is 0. The average molecular weight is 515 g/mol. The maximum atomic E-state index is 13.1. The molecule has 4 rings (SSSR count). The van der Waals surface area contributed by atoms with Crippen molar-refractivity contribution < 1.29 is 19.0 Å². The molecule has 1 aliphatic rings. The largest absolute Gasteiger partial charge is 0.490 e. The SMILES string of the molecule is CC(C)(C)c1ccc(OCCOc2ccc(C3C(=O)Oc4c3cc(C(C)(C)C)cc4C(C)(C)C)cc2)cc1. The second-order valence-electron chi connectivity index (χ2n) is 13.3. The lowest BCUT2D eigenvalue weighted by Gasteiger charge is -2.27. The second-order valence-corrected chi connectivity index (χ2v) is 13.3. The van der Waals surface area contributed by atoms with E-state index in [-0.39, 0.29) is 22.2 Å². The first-order valence-corrected chi connectivity index (χ1v) is 13.5. The zero-order chi connectivity index (χ0) is 27.9. The highest BCUT2D eigenvalue weighted by molar-refractivity contribution is 5.90. The number of benzene rings is 3. The number of carbonyl (C=O) groups is 1. The van der Waals surface area contributed by atoms with E-state index in [1.165, 1.54) is 11.1 Å². The number of hydrogen-bond acceptors (Lipinski definition) is 4. The van der Waals surface area contributed by atoms with Gasteiger partial charge < -0.3 is 14.2 Å². The van der Waals surface area contributed by atoms with Crippen LogP contribution in [0.4, 0.5) is 0 Å². The zero-order valence-electron chi connectivity index (χ0n) is 24.4. The molecule has 4 heteroatoms. The summed E-state index contributed by atoms with van der Waals surface area (Å²) < 4.78 is 17.6. The van der Waals surface area contributed by atoms with Crippen LogP contribution in [0.15, 0.2) is 60.7 Å². The molecule has 0 amide bonds. The second kappa shape index (κ2) is 10.1. The summed E-state index contributed by atoms with van der Waals surface area (Å²) in [6, 6.07) is 20.3. The third kappa shape index (κ3) is 6.06. The minimum absolute atomic E-state index is 0.0420. The van der Waals surface area contributed by atoms with E-state index in [0.29, 0.717) is 19.0 Å². The summed E-state index contributed by atoms with van der Waals surface area (Å²) in [4.78, 5) is 13.1.